The Kier molecular flexibility index (Phi) is 4.30. The molecule has 0 aliphatic carbocycles. The molecule has 1 aromatic carbocycles. The molecule has 88 valence electrons. The Hall–Kier alpha value is -1.09. The highest BCUT2D eigenvalue weighted by Gasteiger charge is 2.13. The van der Waals surface area contributed by atoms with E-state index in [1.165, 1.54) is 11.1 Å². The zero-order valence-electron chi connectivity index (χ0n) is 10.4. The summed E-state index contributed by atoms with van der Waals surface area (Å²) in [6.45, 7) is 8.68. The van der Waals surface area contributed by atoms with E-state index in [-0.39, 0.29) is 0 Å². The molecule has 3 heteroatoms. The molecule has 0 fully saturated rings. The van der Waals surface area contributed by atoms with Crippen molar-refractivity contribution in [3.63, 3.8) is 0 Å². The quantitative estimate of drug-likeness (QED) is 0.788. The van der Waals surface area contributed by atoms with E-state index in [0.717, 1.165) is 5.69 Å². The second-order valence-corrected chi connectivity index (χ2v) is 5.05. The number of para-hydroxylation sites is 1. The molecule has 3 N–H and O–H groups in total. The van der Waals surface area contributed by atoms with Gasteiger partial charge in [0.25, 0.3) is 0 Å². The molecule has 0 unspecified atom stereocenters. The Morgan fingerprint density at radius 2 is 1.56 bits per heavy atom. The summed E-state index contributed by atoms with van der Waals surface area (Å²) in [7, 11) is 0. The maximum absolute atomic E-state index is 5.58. The van der Waals surface area contributed by atoms with Crippen LogP contribution in [0.15, 0.2) is 18.2 Å². The Balaban J connectivity index is 3.28. The second-order valence-electron chi connectivity index (χ2n) is 4.61. The first-order valence-electron chi connectivity index (χ1n) is 5.62. The minimum Gasteiger partial charge on any atom is -0.376 e. The molecule has 2 nitrogen and oxygen atoms in total. The highest BCUT2D eigenvalue weighted by Crippen LogP contribution is 2.32. The summed E-state index contributed by atoms with van der Waals surface area (Å²) < 4.78 is 0. The van der Waals surface area contributed by atoms with Crippen LogP contribution < -0.4 is 11.1 Å². The lowest BCUT2D eigenvalue weighted by atomic mass is 9.93. The SMILES string of the molecule is CC(C)c1cccc(C(C)C)c1NC(N)=S. The predicted octanol–water partition coefficient (Wildman–Crippen LogP) is 3.59. The number of hydrogen-bond donors (Lipinski definition) is 2. The third kappa shape index (κ3) is 2.95. The van der Waals surface area contributed by atoms with Crippen LogP contribution in [0.2, 0.25) is 0 Å². The molecule has 0 radical (unpaired) electrons. The van der Waals surface area contributed by atoms with Crippen LogP contribution in [0.3, 0.4) is 0 Å². The molecule has 0 spiro atoms. The first-order valence-corrected chi connectivity index (χ1v) is 6.03. The van der Waals surface area contributed by atoms with Gasteiger partial charge in [-0.05, 0) is 35.2 Å². The van der Waals surface area contributed by atoms with Crippen LogP contribution in [0.4, 0.5) is 5.69 Å². The third-order valence-corrected chi connectivity index (χ3v) is 2.72. The van der Waals surface area contributed by atoms with E-state index in [4.69, 9.17) is 18.0 Å². The van der Waals surface area contributed by atoms with Gasteiger partial charge in [-0.2, -0.15) is 0 Å². The van der Waals surface area contributed by atoms with Crippen LogP contribution in [-0.4, -0.2) is 5.11 Å². The van der Waals surface area contributed by atoms with Gasteiger partial charge < -0.3 is 11.1 Å². The van der Waals surface area contributed by atoms with Crippen LogP contribution in [-0.2, 0) is 0 Å². The molecular formula is C13H20N2S. The van der Waals surface area contributed by atoms with Gasteiger partial charge in [0.15, 0.2) is 5.11 Å². The molecule has 0 bridgehead atoms. The lowest BCUT2D eigenvalue weighted by Gasteiger charge is -2.20. The number of hydrogen-bond acceptors (Lipinski definition) is 1. The van der Waals surface area contributed by atoms with Crippen molar-refractivity contribution in [2.24, 2.45) is 5.73 Å². The zero-order chi connectivity index (χ0) is 12.3. The van der Waals surface area contributed by atoms with E-state index < -0.39 is 0 Å². The molecule has 0 amide bonds. The van der Waals surface area contributed by atoms with Gasteiger partial charge >= 0.3 is 0 Å². The average Bonchev–Trinajstić information content (AvgIpc) is 2.16. The Morgan fingerprint density at radius 1 is 1.12 bits per heavy atom. The summed E-state index contributed by atoms with van der Waals surface area (Å²) >= 11 is 4.94. The molecule has 0 heterocycles. The van der Waals surface area contributed by atoms with E-state index in [0.29, 0.717) is 16.9 Å². The van der Waals surface area contributed by atoms with Gasteiger partial charge in [0.1, 0.15) is 0 Å². The third-order valence-electron chi connectivity index (χ3n) is 2.62. The molecule has 1 rings (SSSR count). The fourth-order valence-electron chi connectivity index (χ4n) is 1.82. The van der Waals surface area contributed by atoms with Crippen molar-refractivity contribution >= 4 is 23.0 Å². The highest BCUT2D eigenvalue weighted by molar-refractivity contribution is 7.80. The smallest absolute Gasteiger partial charge is 0.168 e. The van der Waals surface area contributed by atoms with Gasteiger partial charge in [-0.3, -0.25) is 0 Å². The van der Waals surface area contributed by atoms with Crippen LogP contribution >= 0.6 is 12.2 Å². The largest absolute Gasteiger partial charge is 0.376 e. The van der Waals surface area contributed by atoms with Crippen molar-refractivity contribution in [2.75, 3.05) is 5.32 Å². The minimum atomic E-state index is 0.329. The van der Waals surface area contributed by atoms with Crippen molar-refractivity contribution in [3.8, 4) is 0 Å². The maximum atomic E-state index is 5.58. The fourth-order valence-corrected chi connectivity index (χ4v) is 1.92. The van der Waals surface area contributed by atoms with Crippen molar-refractivity contribution in [2.45, 2.75) is 39.5 Å². The number of nitrogens with two attached hydrogens (primary N) is 1. The van der Waals surface area contributed by atoms with E-state index in [9.17, 15) is 0 Å². The monoisotopic (exact) mass is 236 g/mol. The van der Waals surface area contributed by atoms with Crippen LogP contribution in [0, 0.1) is 0 Å². The average molecular weight is 236 g/mol. The van der Waals surface area contributed by atoms with Crippen molar-refractivity contribution in [1.29, 1.82) is 0 Å². The lowest BCUT2D eigenvalue weighted by Crippen LogP contribution is -2.21. The van der Waals surface area contributed by atoms with Gasteiger partial charge in [0.05, 0.1) is 0 Å². The number of benzene rings is 1. The normalized spacial score (nSPS) is 10.9. The maximum Gasteiger partial charge on any atom is 0.168 e. The van der Waals surface area contributed by atoms with Crippen molar-refractivity contribution < 1.29 is 0 Å². The molecule has 0 atom stereocenters. The Labute approximate surface area is 103 Å². The molecule has 0 aliphatic rings. The van der Waals surface area contributed by atoms with Gasteiger partial charge in [-0.25, -0.2) is 0 Å². The molecule has 16 heavy (non-hydrogen) atoms. The van der Waals surface area contributed by atoms with Gasteiger partial charge in [0, 0.05) is 5.69 Å². The van der Waals surface area contributed by atoms with Crippen molar-refractivity contribution in [3.05, 3.63) is 29.3 Å². The lowest BCUT2D eigenvalue weighted by molar-refractivity contribution is 0.839. The van der Waals surface area contributed by atoms with Gasteiger partial charge in [0.2, 0.25) is 0 Å². The number of thiocarbonyl (C=S) groups is 1. The predicted molar refractivity (Wildman–Crippen MR) is 75.0 cm³/mol. The number of anilines is 1. The first-order chi connectivity index (χ1) is 7.43. The van der Waals surface area contributed by atoms with Gasteiger partial charge in [-0.1, -0.05) is 45.9 Å². The zero-order valence-corrected chi connectivity index (χ0v) is 11.2. The van der Waals surface area contributed by atoms with E-state index >= 15 is 0 Å². The molecule has 0 aliphatic heterocycles. The second kappa shape index (κ2) is 5.30. The Morgan fingerprint density at radius 3 is 1.88 bits per heavy atom. The summed E-state index contributed by atoms with van der Waals surface area (Å²) in [5, 5.41) is 3.44. The first kappa shape index (κ1) is 13.0. The number of nitrogens with one attached hydrogen (secondary N) is 1. The molecule has 1 aromatic rings. The standard InChI is InChI=1S/C13H20N2S/c1-8(2)10-6-5-7-11(9(3)4)12(10)15-13(14)16/h5-9H,1-4H3,(H3,14,15,16). The highest BCUT2D eigenvalue weighted by atomic mass is 32.1. The summed E-state index contributed by atoms with van der Waals surface area (Å²) in [5.41, 5.74) is 9.19. The summed E-state index contributed by atoms with van der Waals surface area (Å²) in [6.07, 6.45) is 0. The number of rotatable bonds is 3. The molecular weight excluding hydrogens is 216 g/mol. The molecule has 0 aromatic heterocycles. The minimum absolute atomic E-state index is 0.329. The van der Waals surface area contributed by atoms with Gasteiger partial charge in [-0.15, -0.1) is 0 Å². The van der Waals surface area contributed by atoms with Crippen LogP contribution in [0.5, 0.6) is 0 Å². The summed E-state index contributed by atoms with van der Waals surface area (Å²) in [5.74, 6) is 0.908. The van der Waals surface area contributed by atoms with E-state index in [1.54, 1.807) is 0 Å². The van der Waals surface area contributed by atoms with Crippen LogP contribution in [0.1, 0.15) is 50.7 Å². The van der Waals surface area contributed by atoms with Crippen molar-refractivity contribution in [1.82, 2.24) is 0 Å². The summed E-state index contributed by atoms with van der Waals surface area (Å²) in [4.78, 5) is 0. The Bertz CT molecular complexity index is 357. The fraction of sp³-hybridized carbons (Fsp3) is 0.462. The molecule has 0 saturated heterocycles. The van der Waals surface area contributed by atoms with Crippen LogP contribution in [0.25, 0.3) is 0 Å². The van der Waals surface area contributed by atoms with E-state index in [2.05, 4.69) is 51.2 Å². The van der Waals surface area contributed by atoms with E-state index in [1.807, 2.05) is 0 Å². The topological polar surface area (TPSA) is 38.0 Å². The summed E-state index contributed by atoms with van der Waals surface area (Å²) in [6, 6.07) is 6.34. The molecule has 0 saturated carbocycles.